The summed E-state index contributed by atoms with van der Waals surface area (Å²) in [6.45, 7) is 6.70. The first-order chi connectivity index (χ1) is 21.3. The van der Waals surface area contributed by atoms with Gasteiger partial charge in [0.05, 0.1) is 27.3 Å². The van der Waals surface area contributed by atoms with Crippen LogP contribution >= 0.6 is 23.2 Å². The van der Waals surface area contributed by atoms with Gasteiger partial charge in [0.1, 0.15) is 5.82 Å². The normalized spacial score (nSPS) is 21.3. The van der Waals surface area contributed by atoms with Crippen molar-refractivity contribution in [2.24, 2.45) is 18.4 Å². The van der Waals surface area contributed by atoms with E-state index in [9.17, 15) is 14.0 Å². The van der Waals surface area contributed by atoms with Crippen molar-refractivity contribution < 1.29 is 14.0 Å². The van der Waals surface area contributed by atoms with E-state index in [2.05, 4.69) is 28.5 Å². The molecule has 0 unspecified atom stereocenters. The van der Waals surface area contributed by atoms with Gasteiger partial charge in [-0.3, -0.25) is 9.59 Å². The van der Waals surface area contributed by atoms with Gasteiger partial charge in [0, 0.05) is 44.2 Å². The lowest BCUT2D eigenvalue weighted by atomic mass is 9.87. The van der Waals surface area contributed by atoms with Gasteiger partial charge in [-0.15, -0.1) is 0 Å². The van der Waals surface area contributed by atoms with E-state index in [0.717, 1.165) is 61.3 Å². The van der Waals surface area contributed by atoms with Crippen LogP contribution in [0.15, 0.2) is 24.3 Å². The number of fused-ring (bicyclic) bond motifs is 1. The molecule has 1 spiro atoms. The highest BCUT2D eigenvalue weighted by molar-refractivity contribution is 6.36. The number of nitrogens with one attached hydrogen (secondary N) is 2. The van der Waals surface area contributed by atoms with Crippen LogP contribution in [0.25, 0.3) is 11.0 Å². The highest BCUT2D eigenvalue weighted by atomic mass is 35.5. The molecule has 2 saturated carbocycles. The second-order valence-corrected chi connectivity index (χ2v) is 15.0. The summed E-state index contributed by atoms with van der Waals surface area (Å²) in [4.78, 5) is 33.3. The first-order valence-electron chi connectivity index (χ1n) is 16.3. The number of carbonyl (C=O) groups is 2. The van der Waals surface area contributed by atoms with Gasteiger partial charge in [-0.1, -0.05) is 36.2 Å². The van der Waals surface area contributed by atoms with E-state index in [1.165, 1.54) is 39.5 Å². The predicted octanol–water partition coefficient (Wildman–Crippen LogP) is 7.52. The molecule has 0 atom stereocenters. The number of benzene rings is 2. The maximum absolute atomic E-state index is 14.1. The van der Waals surface area contributed by atoms with Gasteiger partial charge in [0.15, 0.2) is 5.67 Å². The van der Waals surface area contributed by atoms with Gasteiger partial charge in [-0.25, -0.2) is 9.37 Å². The van der Waals surface area contributed by atoms with Crippen LogP contribution in [0.5, 0.6) is 0 Å². The van der Waals surface area contributed by atoms with Crippen LogP contribution < -0.4 is 15.5 Å². The summed E-state index contributed by atoms with van der Waals surface area (Å²) in [5.41, 5.74) is 3.19. The summed E-state index contributed by atoms with van der Waals surface area (Å²) >= 11 is 13.4. The van der Waals surface area contributed by atoms with Crippen LogP contribution in [0.4, 0.5) is 10.1 Å². The summed E-state index contributed by atoms with van der Waals surface area (Å²) in [6, 6.07) is 7.75. The predicted molar refractivity (Wildman–Crippen MR) is 179 cm³/mol. The largest absolute Gasteiger partial charge is 0.371 e. The summed E-state index contributed by atoms with van der Waals surface area (Å²) in [5.74, 6) is 0.729. The summed E-state index contributed by atoms with van der Waals surface area (Å²) in [6.07, 6.45) is 9.64. The third-order valence-electron chi connectivity index (χ3n) is 10.4. The van der Waals surface area contributed by atoms with Gasteiger partial charge >= 0.3 is 0 Å². The molecule has 45 heavy (non-hydrogen) atoms. The molecule has 10 heteroatoms. The first-order valence-corrected chi connectivity index (χ1v) is 17.1. The molecule has 2 aliphatic carbocycles. The molecule has 242 valence electrons. The van der Waals surface area contributed by atoms with Crippen molar-refractivity contribution in [2.45, 2.75) is 96.8 Å². The Bertz CT molecular complexity index is 1610. The number of aromatic nitrogens is 2. The number of aryl methyl sites for hydroxylation is 1. The molecule has 2 aromatic carbocycles. The van der Waals surface area contributed by atoms with Crippen molar-refractivity contribution in [3.05, 3.63) is 56.8 Å². The van der Waals surface area contributed by atoms with Crippen molar-refractivity contribution in [3.8, 4) is 0 Å². The highest BCUT2D eigenvalue weighted by Crippen LogP contribution is 2.54. The lowest BCUT2D eigenvalue weighted by molar-refractivity contribution is -0.130. The standard InChI is InChI=1S/C35H44Cl2FN5O2/c1-21-5-8-23(9-6-21)40-32(44)25-17-27-29(19-28(25)43-15-13-35(11-12-35)14-16-43)42(4)30(41-27)18-24-26(36)10-7-22(31(24)37)20-39-33(45)34(2,3)38/h7,10,17,19,21,23H,5-6,8-9,11-16,18,20H2,1-4H3,(H,39,45)(H,40,44). The zero-order chi connectivity index (χ0) is 32.1. The maximum atomic E-state index is 14.1. The van der Waals surface area contributed by atoms with Crippen molar-refractivity contribution in [1.82, 2.24) is 20.2 Å². The Kier molecular flexibility index (Phi) is 8.85. The second kappa shape index (κ2) is 12.4. The van der Waals surface area contributed by atoms with Crippen LogP contribution in [0.1, 0.15) is 99.4 Å². The quantitative estimate of drug-likeness (QED) is 0.263. The Morgan fingerprint density at radius 2 is 1.76 bits per heavy atom. The Morgan fingerprint density at radius 3 is 2.40 bits per heavy atom. The van der Waals surface area contributed by atoms with Crippen LogP contribution in [0.3, 0.4) is 0 Å². The molecule has 2 N–H and O–H groups in total. The molecule has 3 aliphatic rings. The summed E-state index contributed by atoms with van der Waals surface area (Å²) in [5, 5.41) is 6.86. The number of hydrogen-bond donors (Lipinski definition) is 2. The average Bonchev–Trinajstić information content (AvgIpc) is 3.69. The van der Waals surface area contributed by atoms with E-state index in [1.807, 2.05) is 17.7 Å². The van der Waals surface area contributed by atoms with E-state index >= 15 is 0 Å². The molecule has 1 aromatic heterocycles. The van der Waals surface area contributed by atoms with Crippen molar-refractivity contribution in [2.75, 3.05) is 18.0 Å². The molecule has 0 bridgehead atoms. The Hall–Kier alpha value is -2.84. The van der Waals surface area contributed by atoms with Crippen LogP contribution in [-0.4, -0.2) is 46.2 Å². The van der Waals surface area contributed by atoms with Crippen molar-refractivity contribution in [1.29, 1.82) is 0 Å². The molecule has 2 amide bonds. The Labute approximate surface area is 275 Å². The molecule has 2 heterocycles. The molecule has 7 nitrogen and oxygen atoms in total. The van der Waals surface area contributed by atoms with Crippen LogP contribution in [0.2, 0.25) is 10.0 Å². The van der Waals surface area contributed by atoms with Crippen molar-refractivity contribution in [3.63, 3.8) is 0 Å². The van der Waals surface area contributed by atoms with Gasteiger partial charge in [-0.2, -0.15) is 0 Å². The van der Waals surface area contributed by atoms with E-state index in [1.54, 1.807) is 12.1 Å². The minimum atomic E-state index is -1.99. The minimum absolute atomic E-state index is 0.0253. The third-order valence-corrected chi connectivity index (χ3v) is 11.2. The fourth-order valence-corrected chi connectivity index (χ4v) is 7.50. The molecule has 0 radical (unpaired) electrons. The number of carbonyl (C=O) groups excluding carboxylic acids is 2. The molecule has 3 fully saturated rings. The number of halogens is 3. The van der Waals surface area contributed by atoms with Gasteiger partial charge in [-0.05, 0) is 106 Å². The maximum Gasteiger partial charge on any atom is 0.257 e. The number of amides is 2. The molecule has 1 saturated heterocycles. The smallest absolute Gasteiger partial charge is 0.257 e. The number of rotatable bonds is 8. The minimum Gasteiger partial charge on any atom is -0.371 e. The number of imidazole rings is 1. The molecule has 6 rings (SSSR count). The fourth-order valence-electron chi connectivity index (χ4n) is 6.93. The van der Waals surface area contributed by atoms with E-state index < -0.39 is 11.6 Å². The van der Waals surface area contributed by atoms with E-state index in [0.29, 0.717) is 44.5 Å². The van der Waals surface area contributed by atoms with Gasteiger partial charge in [0.25, 0.3) is 11.8 Å². The average molecular weight is 657 g/mol. The molecular formula is C35H44Cl2FN5O2. The monoisotopic (exact) mass is 655 g/mol. The van der Waals surface area contributed by atoms with E-state index in [4.69, 9.17) is 28.2 Å². The van der Waals surface area contributed by atoms with Crippen LogP contribution in [-0.2, 0) is 24.8 Å². The lowest BCUT2D eigenvalue weighted by Crippen LogP contribution is -2.39. The Morgan fingerprint density at radius 1 is 1.07 bits per heavy atom. The fraction of sp³-hybridized carbons (Fsp3) is 0.571. The second-order valence-electron chi connectivity index (χ2n) is 14.2. The topological polar surface area (TPSA) is 79.3 Å². The summed E-state index contributed by atoms with van der Waals surface area (Å²) < 4.78 is 16.1. The van der Waals surface area contributed by atoms with E-state index in [-0.39, 0.29) is 18.5 Å². The zero-order valence-corrected chi connectivity index (χ0v) is 28.3. The molecular weight excluding hydrogens is 612 g/mol. The number of hydrogen-bond acceptors (Lipinski definition) is 4. The van der Waals surface area contributed by atoms with Crippen molar-refractivity contribution >= 4 is 51.7 Å². The Balaban J connectivity index is 1.30. The third kappa shape index (κ3) is 6.83. The van der Waals surface area contributed by atoms with Gasteiger partial charge < -0.3 is 20.1 Å². The SMILES string of the molecule is CC1CCC(NC(=O)c2cc3nc(Cc4c(Cl)ccc(CNC(=O)C(C)(C)F)c4Cl)n(C)c3cc2N2CCC3(CC2)CC3)CC1. The number of anilines is 1. The van der Waals surface area contributed by atoms with Crippen LogP contribution in [0, 0.1) is 11.3 Å². The number of piperidine rings is 1. The lowest BCUT2D eigenvalue weighted by Gasteiger charge is -2.35. The molecule has 3 aromatic rings. The number of alkyl halides is 1. The van der Waals surface area contributed by atoms with Gasteiger partial charge in [0.2, 0.25) is 0 Å². The molecule has 1 aliphatic heterocycles. The highest BCUT2D eigenvalue weighted by Gasteiger charge is 2.44. The summed E-state index contributed by atoms with van der Waals surface area (Å²) in [7, 11) is 1.97. The number of nitrogens with zero attached hydrogens (tertiary/aromatic N) is 3. The first kappa shape index (κ1) is 32.1. The zero-order valence-electron chi connectivity index (χ0n) is 26.7.